The zero-order valence-corrected chi connectivity index (χ0v) is 7.92. The molecule has 0 bridgehead atoms. The van der Waals surface area contributed by atoms with Gasteiger partial charge in [-0.2, -0.15) is 5.26 Å². The molecular weight excluding hydrogens is 166 g/mol. The minimum absolute atomic E-state index is 0.0215. The molecule has 1 aliphatic rings. The van der Waals surface area contributed by atoms with Crippen LogP contribution in [0.4, 0.5) is 0 Å². The summed E-state index contributed by atoms with van der Waals surface area (Å²) in [4.78, 5) is 13.3. The first-order valence-corrected chi connectivity index (χ1v) is 4.57. The Balaban J connectivity index is 2.23. The molecule has 1 fully saturated rings. The van der Waals surface area contributed by atoms with Crippen molar-refractivity contribution < 1.29 is 4.79 Å². The lowest BCUT2D eigenvalue weighted by atomic mass is 10.1. The first kappa shape index (κ1) is 10.0. The molecule has 0 atom stereocenters. The summed E-state index contributed by atoms with van der Waals surface area (Å²) in [6.07, 6.45) is 1.97. The van der Waals surface area contributed by atoms with Gasteiger partial charge in [0.15, 0.2) is 0 Å². The van der Waals surface area contributed by atoms with E-state index in [0.717, 1.165) is 25.9 Å². The van der Waals surface area contributed by atoms with Gasteiger partial charge in [-0.15, -0.1) is 0 Å². The number of nitrogens with zero attached hydrogens (tertiary/aromatic N) is 2. The summed E-state index contributed by atoms with van der Waals surface area (Å²) >= 11 is 0. The van der Waals surface area contributed by atoms with E-state index in [1.54, 1.807) is 0 Å². The predicted octanol–water partition coefficient (Wildman–Crippen LogP) is 0.110. The van der Waals surface area contributed by atoms with E-state index in [1.165, 1.54) is 0 Å². The number of nitrogens with one attached hydrogen (secondary N) is 1. The van der Waals surface area contributed by atoms with Gasteiger partial charge in [0.1, 0.15) is 6.42 Å². The second-order valence-corrected chi connectivity index (χ2v) is 3.48. The Kier molecular flexibility index (Phi) is 3.71. The van der Waals surface area contributed by atoms with Gasteiger partial charge in [-0.05, 0) is 33.0 Å². The Labute approximate surface area is 78.5 Å². The third-order valence-electron chi connectivity index (χ3n) is 2.32. The standard InChI is InChI=1S/C9H15N3O/c1-12-6-3-8(4-7-12)11-9(13)2-5-10/h8H,2-4,6-7H2,1H3,(H,11,13). The van der Waals surface area contributed by atoms with E-state index in [9.17, 15) is 4.79 Å². The summed E-state index contributed by atoms with van der Waals surface area (Å²) in [6.45, 7) is 2.05. The molecule has 0 unspecified atom stereocenters. The summed E-state index contributed by atoms with van der Waals surface area (Å²) < 4.78 is 0. The van der Waals surface area contributed by atoms with Gasteiger partial charge >= 0.3 is 0 Å². The van der Waals surface area contributed by atoms with Gasteiger partial charge in [0.05, 0.1) is 6.07 Å². The highest BCUT2D eigenvalue weighted by Crippen LogP contribution is 2.07. The van der Waals surface area contributed by atoms with Crippen molar-refractivity contribution in [2.24, 2.45) is 0 Å². The summed E-state index contributed by atoms with van der Waals surface area (Å²) in [5.41, 5.74) is 0. The molecule has 1 saturated heterocycles. The highest BCUT2D eigenvalue weighted by molar-refractivity contribution is 5.78. The largest absolute Gasteiger partial charge is 0.352 e. The number of amides is 1. The minimum atomic E-state index is -0.142. The van der Waals surface area contributed by atoms with Crippen molar-refractivity contribution in [3.05, 3.63) is 0 Å². The lowest BCUT2D eigenvalue weighted by Gasteiger charge is -2.29. The fraction of sp³-hybridized carbons (Fsp3) is 0.778. The third kappa shape index (κ3) is 3.43. The van der Waals surface area contributed by atoms with Gasteiger partial charge in [0, 0.05) is 6.04 Å². The Bertz CT molecular complexity index is 213. The molecule has 72 valence electrons. The van der Waals surface area contributed by atoms with Crippen LogP contribution in [0.25, 0.3) is 0 Å². The van der Waals surface area contributed by atoms with Crippen molar-refractivity contribution in [1.29, 1.82) is 5.26 Å². The molecule has 0 radical (unpaired) electrons. The first-order chi connectivity index (χ1) is 6.22. The predicted molar refractivity (Wildman–Crippen MR) is 48.9 cm³/mol. The second-order valence-electron chi connectivity index (χ2n) is 3.48. The Morgan fingerprint density at radius 3 is 2.77 bits per heavy atom. The first-order valence-electron chi connectivity index (χ1n) is 4.57. The molecule has 13 heavy (non-hydrogen) atoms. The van der Waals surface area contributed by atoms with E-state index in [1.807, 2.05) is 6.07 Å². The molecule has 1 heterocycles. The molecule has 0 aromatic heterocycles. The normalized spacial score (nSPS) is 19.4. The van der Waals surface area contributed by atoms with Crippen molar-refractivity contribution >= 4 is 5.91 Å². The van der Waals surface area contributed by atoms with Crippen LogP contribution < -0.4 is 5.32 Å². The lowest BCUT2D eigenvalue weighted by Crippen LogP contribution is -2.43. The molecule has 0 spiro atoms. The van der Waals surface area contributed by atoms with E-state index in [4.69, 9.17) is 5.26 Å². The average Bonchev–Trinajstić information content (AvgIpc) is 2.09. The molecule has 1 rings (SSSR count). The summed E-state index contributed by atoms with van der Waals surface area (Å²) in [5, 5.41) is 11.1. The number of carbonyl (C=O) groups excluding carboxylic acids is 1. The fourth-order valence-electron chi connectivity index (χ4n) is 1.50. The van der Waals surface area contributed by atoms with Crippen molar-refractivity contribution in [3.8, 4) is 6.07 Å². The van der Waals surface area contributed by atoms with Crippen LogP contribution in [0.2, 0.25) is 0 Å². The SMILES string of the molecule is CN1CCC(NC(=O)CC#N)CC1. The van der Waals surface area contributed by atoms with Crippen molar-refractivity contribution in [1.82, 2.24) is 10.2 Å². The average molecular weight is 181 g/mol. The lowest BCUT2D eigenvalue weighted by molar-refractivity contribution is -0.121. The number of hydrogen-bond donors (Lipinski definition) is 1. The van der Waals surface area contributed by atoms with Crippen molar-refractivity contribution in [2.75, 3.05) is 20.1 Å². The third-order valence-corrected chi connectivity index (χ3v) is 2.32. The Morgan fingerprint density at radius 1 is 1.62 bits per heavy atom. The molecule has 0 aromatic carbocycles. The zero-order chi connectivity index (χ0) is 9.68. The van der Waals surface area contributed by atoms with Crippen LogP contribution in [0.15, 0.2) is 0 Å². The smallest absolute Gasteiger partial charge is 0.234 e. The maximum atomic E-state index is 11.0. The summed E-state index contributed by atoms with van der Waals surface area (Å²) in [6, 6.07) is 2.12. The number of rotatable bonds is 2. The van der Waals surface area contributed by atoms with Crippen LogP contribution in [0.3, 0.4) is 0 Å². The quantitative estimate of drug-likeness (QED) is 0.658. The monoisotopic (exact) mass is 181 g/mol. The maximum absolute atomic E-state index is 11.0. The van der Waals surface area contributed by atoms with Gasteiger partial charge in [-0.1, -0.05) is 0 Å². The second kappa shape index (κ2) is 4.83. The molecule has 4 nitrogen and oxygen atoms in total. The summed E-state index contributed by atoms with van der Waals surface area (Å²) in [7, 11) is 2.08. The molecule has 0 saturated carbocycles. The van der Waals surface area contributed by atoms with E-state index in [0.29, 0.717) is 0 Å². The maximum Gasteiger partial charge on any atom is 0.234 e. The highest BCUT2D eigenvalue weighted by atomic mass is 16.1. The van der Waals surface area contributed by atoms with E-state index < -0.39 is 0 Å². The number of likely N-dealkylation sites (tertiary alicyclic amines) is 1. The fourth-order valence-corrected chi connectivity index (χ4v) is 1.50. The van der Waals surface area contributed by atoms with E-state index >= 15 is 0 Å². The molecule has 1 aliphatic heterocycles. The van der Waals surface area contributed by atoms with E-state index in [2.05, 4.69) is 17.3 Å². The zero-order valence-electron chi connectivity index (χ0n) is 7.92. The topological polar surface area (TPSA) is 56.1 Å². The van der Waals surface area contributed by atoms with Gasteiger partial charge in [-0.3, -0.25) is 4.79 Å². The van der Waals surface area contributed by atoms with Crippen LogP contribution >= 0.6 is 0 Å². The van der Waals surface area contributed by atoms with E-state index in [-0.39, 0.29) is 18.4 Å². The molecule has 0 aliphatic carbocycles. The number of piperidine rings is 1. The van der Waals surface area contributed by atoms with Crippen LogP contribution in [-0.2, 0) is 4.79 Å². The van der Waals surface area contributed by atoms with Gasteiger partial charge in [-0.25, -0.2) is 0 Å². The summed E-state index contributed by atoms with van der Waals surface area (Å²) in [5.74, 6) is -0.142. The van der Waals surface area contributed by atoms with Crippen LogP contribution in [-0.4, -0.2) is 37.0 Å². The number of nitriles is 1. The van der Waals surface area contributed by atoms with Gasteiger partial charge in [0.25, 0.3) is 0 Å². The molecule has 4 heteroatoms. The molecular formula is C9H15N3O. The number of carbonyl (C=O) groups is 1. The van der Waals surface area contributed by atoms with Crippen molar-refractivity contribution in [3.63, 3.8) is 0 Å². The van der Waals surface area contributed by atoms with Crippen LogP contribution in [0.5, 0.6) is 0 Å². The van der Waals surface area contributed by atoms with Crippen molar-refractivity contribution in [2.45, 2.75) is 25.3 Å². The van der Waals surface area contributed by atoms with Crippen LogP contribution in [0.1, 0.15) is 19.3 Å². The minimum Gasteiger partial charge on any atom is -0.352 e. The highest BCUT2D eigenvalue weighted by Gasteiger charge is 2.17. The molecule has 1 amide bonds. The molecule has 0 aromatic rings. The Hall–Kier alpha value is -1.08. The molecule has 1 N–H and O–H groups in total. The number of hydrogen-bond acceptors (Lipinski definition) is 3. The Morgan fingerprint density at radius 2 is 2.23 bits per heavy atom. The van der Waals surface area contributed by atoms with Gasteiger partial charge < -0.3 is 10.2 Å². The van der Waals surface area contributed by atoms with Crippen LogP contribution in [0, 0.1) is 11.3 Å². The van der Waals surface area contributed by atoms with Gasteiger partial charge in [0.2, 0.25) is 5.91 Å².